The second-order valence-electron chi connectivity index (χ2n) is 7.73. The zero-order valence-electron chi connectivity index (χ0n) is 14.9. The molecule has 3 atom stereocenters. The average Bonchev–Trinajstić information content (AvgIpc) is 3.11. The first-order valence-electron chi connectivity index (χ1n) is 8.62. The highest BCUT2D eigenvalue weighted by molar-refractivity contribution is 7.80. The Balaban J connectivity index is 1.58. The summed E-state index contributed by atoms with van der Waals surface area (Å²) in [6.07, 6.45) is 5.73. The Morgan fingerprint density at radius 1 is 1.21 bits per heavy atom. The van der Waals surface area contributed by atoms with Crippen molar-refractivity contribution in [3.05, 3.63) is 29.8 Å². The molecule has 2 aliphatic rings. The minimum Gasteiger partial charge on any atom is -0.497 e. The highest BCUT2D eigenvalue weighted by Gasteiger charge is 2.60. The Bertz CT molecular complexity index is 641. The van der Waals surface area contributed by atoms with Gasteiger partial charge in [0.15, 0.2) is 5.11 Å². The Morgan fingerprint density at radius 2 is 1.88 bits per heavy atom. The molecular weight excluding hydrogens is 318 g/mol. The Morgan fingerprint density at radius 3 is 2.46 bits per heavy atom. The summed E-state index contributed by atoms with van der Waals surface area (Å²) in [6.45, 7) is 7.05. The molecule has 2 bridgehead atoms. The summed E-state index contributed by atoms with van der Waals surface area (Å²) in [5.41, 5.74) is 4.25. The van der Waals surface area contributed by atoms with Crippen LogP contribution in [0, 0.1) is 17.3 Å². The van der Waals surface area contributed by atoms with Crippen LogP contribution < -0.4 is 15.5 Å². The normalized spacial score (nSPS) is 30.5. The summed E-state index contributed by atoms with van der Waals surface area (Å²) in [7, 11) is 1.66. The number of hydrazone groups is 1. The maximum atomic E-state index is 5.48. The Hall–Kier alpha value is -1.62. The van der Waals surface area contributed by atoms with Gasteiger partial charge in [-0.1, -0.05) is 13.8 Å². The number of thiocarbonyl (C=S) groups is 1. The maximum absolute atomic E-state index is 5.48. The third kappa shape index (κ3) is 2.90. The lowest BCUT2D eigenvalue weighted by atomic mass is 9.64. The third-order valence-corrected chi connectivity index (χ3v) is 6.67. The van der Waals surface area contributed by atoms with Gasteiger partial charge >= 0.3 is 0 Å². The molecule has 1 aromatic carbocycles. The molecule has 2 aliphatic carbocycles. The molecular formula is C19H27N3OS. The van der Waals surface area contributed by atoms with E-state index in [2.05, 4.69) is 36.6 Å². The van der Waals surface area contributed by atoms with Crippen LogP contribution in [0.25, 0.3) is 0 Å². The summed E-state index contributed by atoms with van der Waals surface area (Å²) in [5, 5.41) is 8.43. The molecule has 0 spiro atoms. The van der Waals surface area contributed by atoms with Crippen molar-refractivity contribution in [1.29, 1.82) is 0 Å². The molecule has 2 saturated carbocycles. The molecule has 4 nitrogen and oxygen atoms in total. The van der Waals surface area contributed by atoms with Gasteiger partial charge in [-0.25, -0.2) is 0 Å². The lowest BCUT2D eigenvalue weighted by molar-refractivity contribution is 0.0833. The topological polar surface area (TPSA) is 45.6 Å². The second kappa shape index (κ2) is 6.36. The standard InChI is InChI=1S/C19H27N3OS/c1-18(2)14-7-8-15(11-14)19(18,3)21-17(24)22-20-12-13-5-9-16(23-4)10-6-13/h5-6,9-10,12,14-15H,7-8,11H2,1-4H3,(H2,21,22,24)/b20-12+. The molecule has 2 fully saturated rings. The minimum atomic E-state index is 0.0373. The van der Waals surface area contributed by atoms with Crippen LogP contribution in [0.3, 0.4) is 0 Å². The lowest BCUT2D eigenvalue weighted by Gasteiger charge is -2.48. The lowest BCUT2D eigenvalue weighted by Crippen LogP contribution is -2.60. The zero-order valence-corrected chi connectivity index (χ0v) is 15.7. The zero-order chi connectivity index (χ0) is 17.4. The number of ether oxygens (including phenoxy) is 1. The average molecular weight is 346 g/mol. The van der Waals surface area contributed by atoms with Crippen LogP contribution in [0.5, 0.6) is 5.75 Å². The van der Waals surface area contributed by atoms with Crippen molar-refractivity contribution in [1.82, 2.24) is 10.7 Å². The number of nitrogens with zero attached hydrogens (tertiary/aromatic N) is 1. The van der Waals surface area contributed by atoms with Crippen LogP contribution in [0.2, 0.25) is 0 Å². The van der Waals surface area contributed by atoms with Crippen molar-refractivity contribution in [2.75, 3.05) is 7.11 Å². The number of hydrogen-bond acceptors (Lipinski definition) is 3. The third-order valence-electron chi connectivity index (χ3n) is 6.48. The molecule has 24 heavy (non-hydrogen) atoms. The fourth-order valence-electron chi connectivity index (χ4n) is 4.49. The maximum Gasteiger partial charge on any atom is 0.187 e. The largest absolute Gasteiger partial charge is 0.497 e. The predicted molar refractivity (Wildman–Crippen MR) is 102 cm³/mol. The van der Waals surface area contributed by atoms with Crippen molar-refractivity contribution in [2.45, 2.75) is 45.6 Å². The predicted octanol–water partition coefficient (Wildman–Crippen LogP) is 3.71. The summed E-state index contributed by atoms with van der Waals surface area (Å²) >= 11 is 5.48. The van der Waals surface area contributed by atoms with Gasteiger partial charge in [0, 0.05) is 5.54 Å². The fourth-order valence-corrected chi connectivity index (χ4v) is 4.76. The molecule has 0 heterocycles. The molecule has 5 heteroatoms. The van der Waals surface area contributed by atoms with E-state index in [9.17, 15) is 0 Å². The van der Waals surface area contributed by atoms with E-state index in [4.69, 9.17) is 17.0 Å². The van der Waals surface area contributed by atoms with E-state index >= 15 is 0 Å². The van der Waals surface area contributed by atoms with E-state index in [0.29, 0.717) is 11.0 Å². The Labute approximate surface area is 150 Å². The number of rotatable bonds is 4. The van der Waals surface area contributed by atoms with Gasteiger partial charge < -0.3 is 10.1 Å². The van der Waals surface area contributed by atoms with E-state index in [0.717, 1.165) is 17.2 Å². The van der Waals surface area contributed by atoms with Crippen LogP contribution in [0.4, 0.5) is 0 Å². The van der Waals surface area contributed by atoms with Gasteiger partial charge in [0.2, 0.25) is 0 Å². The highest BCUT2D eigenvalue weighted by atomic mass is 32.1. The SMILES string of the molecule is COc1ccc(/C=N/NC(=S)NC2(C)C3CCC(C3)C2(C)C)cc1. The van der Waals surface area contributed by atoms with Crippen molar-refractivity contribution < 1.29 is 4.74 Å². The van der Waals surface area contributed by atoms with Crippen molar-refractivity contribution in [3.8, 4) is 5.75 Å². The van der Waals surface area contributed by atoms with E-state index in [1.54, 1.807) is 13.3 Å². The van der Waals surface area contributed by atoms with Crippen molar-refractivity contribution in [3.63, 3.8) is 0 Å². The molecule has 1 aromatic rings. The fraction of sp³-hybridized carbons (Fsp3) is 0.579. The van der Waals surface area contributed by atoms with Gasteiger partial charge in [0.25, 0.3) is 0 Å². The van der Waals surface area contributed by atoms with Gasteiger partial charge in [-0.2, -0.15) is 5.10 Å². The summed E-state index contributed by atoms with van der Waals surface area (Å²) in [4.78, 5) is 0. The molecule has 0 saturated heterocycles. The number of nitrogens with one attached hydrogen (secondary N) is 2. The van der Waals surface area contributed by atoms with E-state index in [1.165, 1.54) is 19.3 Å². The number of methoxy groups -OCH3 is 1. The minimum absolute atomic E-state index is 0.0373. The first-order chi connectivity index (χ1) is 11.4. The summed E-state index contributed by atoms with van der Waals surface area (Å²) in [5.74, 6) is 2.33. The molecule has 2 N–H and O–H groups in total. The second-order valence-corrected chi connectivity index (χ2v) is 8.14. The number of benzene rings is 1. The molecule has 130 valence electrons. The van der Waals surface area contributed by atoms with Gasteiger partial charge in [0.1, 0.15) is 5.75 Å². The molecule has 0 aromatic heterocycles. The molecule has 3 rings (SSSR count). The van der Waals surface area contributed by atoms with E-state index in [-0.39, 0.29) is 11.0 Å². The van der Waals surface area contributed by atoms with Crippen LogP contribution in [0.1, 0.15) is 45.6 Å². The van der Waals surface area contributed by atoms with Crippen molar-refractivity contribution >= 4 is 23.5 Å². The Kier molecular flexibility index (Phi) is 4.56. The first-order valence-corrected chi connectivity index (χ1v) is 9.03. The summed E-state index contributed by atoms with van der Waals surface area (Å²) in [6, 6.07) is 7.75. The first kappa shape index (κ1) is 17.2. The van der Waals surface area contributed by atoms with Crippen LogP contribution >= 0.6 is 12.2 Å². The smallest absolute Gasteiger partial charge is 0.187 e. The molecule has 3 unspecified atom stereocenters. The summed E-state index contributed by atoms with van der Waals surface area (Å²) < 4.78 is 5.15. The van der Waals surface area contributed by atoms with Gasteiger partial charge in [-0.05, 0) is 85.5 Å². The van der Waals surface area contributed by atoms with Gasteiger partial charge in [-0.15, -0.1) is 0 Å². The van der Waals surface area contributed by atoms with E-state index < -0.39 is 0 Å². The molecule has 0 amide bonds. The molecule has 0 aliphatic heterocycles. The molecule has 0 radical (unpaired) electrons. The number of hydrogen-bond donors (Lipinski definition) is 2. The number of fused-ring (bicyclic) bond motifs is 2. The quantitative estimate of drug-likeness (QED) is 0.496. The van der Waals surface area contributed by atoms with Crippen LogP contribution in [-0.4, -0.2) is 24.0 Å². The van der Waals surface area contributed by atoms with Crippen molar-refractivity contribution in [2.24, 2.45) is 22.4 Å². The van der Waals surface area contributed by atoms with E-state index in [1.807, 2.05) is 24.3 Å². The van der Waals surface area contributed by atoms with Gasteiger partial charge in [-0.3, -0.25) is 5.43 Å². The van der Waals surface area contributed by atoms with Gasteiger partial charge in [0.05, 0.1) is 13.3 Å². The monoisotopic (exact) mass is 345 g/mol. The highest BCUT2D eigenvalue weighted by Crippen LogP contribution is 2.61. The van der Waals surface area contributed by atoms with Crippen LogP contribution in [0.15, 0.2) is 29.4 Å². The van der Waals surface area contributed by atoms with Crippen LogP contribution in [-0.2, 0) is 0 Å².